The van der Waals surface area contributed by atoms with Crippen LogP contribution in [0, 0.1) is 13.8 Å². The minimum Gasteiger partial charge on any atom is -0.484 e. The lowest BCUT2D eigenvalue weighted by Gasteiger charge is -2.27. The predicted octanol–water partition coefficient (Wildman–Crippen LogP) is 2.19. The van der Waals surface area contributed by atoms with Gasteiger partial charge in [-0.1, -0.05) is 12.1 Å². The van der Waals surface area contributed by atoms with Crippen molar-refractivity contribution in [3.05, 3.63) is 28.8 Å². The van der Waals surface area contributed by atoms with Crippen molar-refractivity contribution < 1.29 is 27.4 Å². The third-order valence-corrected chi connectivity index (χ3v) is 3.90. The van der Waals surface area contributed by atoms with Crippen molar-refractivity contribution >= 4 is 5.91 Å². The Morgan fingerprint density at radius 1 is 1.36 bits per heavy atom. The van der Waals surface area contributed by atoms with E-state index in [1.165, 1.54) is 0 Å². The van der Waals surface area contributed by atoms with Crippen molar-refractivity contribution in [3.63, 3.8) is 0 Å². The van der Waals surface area contributed by atoms with Crippen LogP contribution in [0.2, 0.25) is 0 Å². The lowest BCUT2D eigenvalue weighted by atomic mass is 10.0. The topological polar surface area (TPSA) is 50.8 Å². The maximum atomic E-state index is 12.4. The number of aryl methyl sites for hydroxylation is 2. The van der Waals surface area contributed by atoms with Crippen LogP contribution in [0.5, 0.6) is 5.75 Å². The highest BCUT2D eigenvalue weighted by Crippen LogP contribution is 2.27. The molecular weight excluding hydrogens is 337 g/mol. The average Bonchev–Trinajstić information content (AvgIpc) is 2.53. The molecule has 25 heavy (non-hydrogen) atoms. The lowest BCUT2D eigenvalue weighted by Crippen LogP contribution is -2.48. The number of nitrogens with one attached hydrogen (secondary N) is 1. The number of likely N-dealkylation sites (N-methyl/N-ethyl adjacent to an activating group) is 1. The molecule has 1 aliphatic heterocycles. The fourth-order valence-electron chi connectivity index (χ4n) is 2.83. The average molecular weight is 360 g/mol. The molecule has 0 bridgehead atoms. The molecule has 1 aromatic rings. The Labute approximate surface area is 145 Å². The van der Waals surface area contributed by atoms with Crippen molar-refractivity contribution in [1.82, 2.24) is 10.2 Å². The molecule has 1 saturated heterocycles. The molecule has 0 spiro atoms. The molecule has 2 rings (SSSR count). The van der Waals surface area contributed by atoms with Crippen LogP contribution in [-0.4, -0.2) is 56.4 Å². The van der Waals surface area contributed by atoms with Gasteiger partial charge in [0.1, 0.15) is 11.9 Å². The van der Waals surface area contributed by atoms with Crippen LogP contribution >= 0.6 is 0 Å². The summed E-state index contributed by atoms with van der Waals surface area (Å²) in [6.45, 7) is 4.11. The van der Waals surface area contributed by atoms with Crippen LogP contribution in [0.25, 0.3) is 0 Å². The van der Waals surface area contributed by atoms with Crippen LogP contribution in [0.3, 0.4) is 0 Å². The van der Waals surface area contributed by atoms with E-state index in [1.54, 1.807) is 37.9 Å². The molecule has 1 fully saturated rings. The Hall–Kier alpha value is -1.80. The number of amides is 1. The number of ether oxygens (including phenoxy) is 2. The molecule has 1 N–H and O–H groups in total. The van der Waals surface area contributed by atoms with Crippen LogP contribution in [-0.2, 0) is 16.1 Å². The third kappa shape index (κ3) is 5.61. The number of rotatable bonds is 5. The molecule has 1 unspecified atom stereocenters. The first kappa shape index (κ1) is 19.5. The van der Waals surface area contributed by atoms with Crippen molar-refractivity contribution in [2.75, 3.05) is 33.4 Å². The molecule has 0 aromatic heterocycles. The maximum absolute atomic E-state index is 12.4. The van der Waals surface area contributed by atoms with E-state index in [0.717, 1.165) is 12.1 Å². The molecule has 0 aliphatic carbocycles. The molecule has 1 amide bonds. The van der Waals surface area contributed by atoms with Crippen molar-refractivity contribution in [2.45, 2.75) is 32.7 Å². The first-order valence-corrected chi connectivity index (χ1v) is 8.04. The van der Waals surface area contributed by atoms with Crippen LogP contribution in [0.1, 0.15) is 16.7 Å². The van der Waals surface area contributed by atoms with E-state index < -0.39 is 18.9 Å². The van der Waals surface area contributed by atoms with Gasteiger partial charge in [0.25, 0.3) is 5.91 Å². The molecule has 0 saturated carbocycles. The van der Waals surface area contributed by atoms with Gasteiger partial charge >= 0.3 is 6.18 Å². The molecule has 1 aromatic carbocycles. The maximum Gasteiger partial charge on any atom is 0.422 e. The summed E-state index contributed by atoms with van der Waals surface area (Å²) in [6, 6.07) is 3.48. The van der Waals surface area contributed by atoms with Gasteiger partial charge in [0.15, 0.2) is 6.61 Å². The molecule has 1 aliphatic rings. The van der Waals surface area contributed by atoms with Gasteiger partial charge in [-0.2, -0.15) is 13.2 Å². The number of nitrogens with zero attached hydrogens (tertiary/aromatic N) is 1. The summed E-state index contributed by atoms with van der Waals surface area (Å²) < 4.78 is 47.4. The van der Waals surface area contributed by atoms with E-state index >= 15 is 0 Å². The molecule has 1 atom stereocenters. The van der Waals surface area contributed by atoms with Gasteiger partial charge in [-0.15, -0.1) is 0 Å². The Morgan fingerprint density at radius 2 is 2.00 bits per heavy atom. The molecule has 5 nitrogen and oxygen atoms in total. The van der Waals surface area contributed by atoms with E-state index in [0.29, 0.717) is 30.8 Å². The van der Waals surface area contributed by atoms with Gasteiger partial charge in [-0.05, 0) is 30.5 Å². The monoisotopic (exact) mass is 360 g/mol. The zero-order valence-corrected chi connectivity index (χ0v) is 14.6. The zero-order valence-electron chi connectivity index (χ0n) is 14.6. The number of hydrogen-bond donors (Lipinski definition) is 1. The number of hydrogen-bond acceptors (Lipinski definition) is 4. The summed E-state index contributed by atoms with van der Waals surface area (Å²) in [5.74, 6) is 0.106. The summed E-state index contributed by atoms with van der Waals surface area (Å²) in [5.41, 5.74) is 2.04. The highest BCUT2D eigenvalue weighted by molar-refractivity contribution is 5.81. The molecule has 140 valence electrons. The number of morpholine rings is 1. The minimum atomic E-state index is -4.38. The first-order chi connectivity index (χ1) is 11.7. The Kier molecular flexibility index (Phi) is 6.29. The van der Waals surface area contributed by atoms with Gasteiger partial charge in [-0.25, -0.2) is 0 Å². The summed E-state index contributed by atoms with van der Waals surface area (Å²) in [4.78, 5) is 13.9. The van der Waals surface area contributed by atoms with Crippen LogP contribution < -0.4 is 10.1 Å². The highest BCUT2D eigenvalue weighted by atomic mass is 19.4. The molecule has 1 heterocycles. The van der Waals surface area contributed by atoms with E-state index in [-0.39, 0.29) is 11.7 Å². The lowest BCUT2D eigenvalue weighted by molar-refractivity contribution is -0.153. The second-order valence-electron chi connectivity index (χ2n) is 6.22. The Morgan fingerprint density at radius 3 is 2.52 bits per heavy atom. The van der Waals surface area contributed by atoms with Crippen LogP contribution in [0.4, 0.5) is 13.2 Å². The second-order valence-corrected chi connectivity index (χ2v) is 6.22. The summed E-state index contributed by atoms with van der Waals surface area (Å²) in [6.07, 6.45) is -4.88. The fraction of sp³-hybridized carbons (Fsp3) is 0.588. The normalized spacial score (nSPS) is 18.1. The van der Waals surface area contributed by atoms with Gasteiger partial charge in [0, 0.05) is 26.7 Å². The molecular formula is C17H23F3N2O3. The van der Waals surface area contributed by atoms with Crippen molar-refractivity contribution in [2.24, 2.45) is 0 Å². The summed E-state index contributed by atoms with van der Waals surface area (Å²) >= 11 is 0. The van der Waals surface area contributed by atoms with Gasteiger partial charge in [-0.3, -0.25) is 4.79 Å². The fourth-order valence-corrected chi connectivity index (χ4v) is 2.83. The van der Waals surface area contributed by atoms with Gasteiger partial charge in [0.2, 0.25) is 0 Å². The predicted molar refractivity (Wildman–Crippen MR) is 86.5 cm³/mol. The molecule has 8 heteroatoms. The standard InChI is InChI=1S/C17H23F3N2O3/c1-11-6-13(7-12(2)15(11)25-10-17(18,19)20)9-22(3)16(23)14-8-21-4-5-24-14/h6-7,14,21H,4-5,8-10H2,1-3H3. The number of alkyl halides is 3. The number of benzene rings is 1. The Balaban J connectivity index is 2.03. The van der Waals surface area contributed by atoms with E-state index in [2.05, 4.69) is 5.32 Å². The first-order valence-electron chi connectivity index (χ1n) is 8.04. The molecule has 0 radical (unpaired) electrons. The number of carbonyl (C=O) groups is 1. The second kappa shape index (κ2) is 8.05. The summed E-state index contributed by atoms with van der Waals surface area (Å²) in [5, 5.41) is 3.11. The zero-order chi connectivity index (χ0) is 18.6. The van der Waals surface area contributed by atoms with Crippen LogP contribution in [0.15, 0.2) is 12.1 Å². The minimum absolute atomic E-state index is 0.125. The number of halogens is 3. The van der Waals surface area contributed by atoms with Crippen molar-refractivity contribution in [1.29, 1.82) is 0 Å². The van der Waals surface area contributed by atoms with E-state index in [1.807, 2.05) is 0 Å². The largest absolute Gasteiger partial charge is 0.484 e. The highest BCUT2D eigenvalue weighted by Gasteiger charge is 2.29. The SMILES string of the molecule is Cc1cc(CN(C)C(=O)C2CNCCO2)cc(C)c1OCC(F)(F)F. The van der Waals surface area contributed by atoms with Gasteiger partial charge in [0.05, 0.1) is 6.61 Å². The quantitative estimate of drug-likeness (QED) is 0.875. The number of carbonyl (C=O) groups excluding carboxylic acids is 1. The summed E-state index contributed by atoms with van der Waals surface area (Å²) in [7, 11) is 1.68. The van der Waals surface area contributed by atoms with Crippen molar-refractivity contribution in [3.8, 4) is 5.75 Å². The third-order valence-electron chi connectivity index (χ3n) is 3.90. The smallest absolute Gasteiger partial charge is 0.422 e. The van der Waals surface area contributed by atoms with Gasteiger partial charge < -0.3 is 19.7 Å². The Bertz CT molecular complexity index is 591. The van der Waals surface area contributed by atoms with E-state index in [4.69, 9.17) is 9.47 Å². The van der Waals surface area contributed by atoms with E-state index in [9.17, 15) is 18.0 Å².